The van der Waals surface area contributed by atoms with Gasteiger partial charge < -0.3 is 9.25 Å². The Balaban J connectivity index is 2.04. The zero-order valence-electron chi connectivity index (χ0n) is 6.45. The maximum Gasteiger partial charge on any atom is 0.103 e. The third-order valence-corrected chi connectivity index (χ3v) is 1.52. The summed E-state index contributed by atoms with van der Waals surface area (Å²) in [6.45, 7) is 0.626. The molecule has 0 bridgehead atoms. The molecular weight excluding hydrogens is 142 g/mol. The second-order valence-electron chi connectivity index (χ2n) is 2.41. The van der Waals surface area contributed by atoms with E-state index in [2.05, 4.69) is 4.84 Å². The first-order chi connectivity index (χ1) is 5.43. The number of rotatable bonds is 5. The minimum atomic E-state index is 0.626. The summed E-state index contributed by atoms with van der Waals surface area (Å²) in [6, 6.07) is 3.87. The Kier molecular flexibility index (Phi) is 3.72. The average Bonchev–Trinajstić information content (AvgIpc) is 2.50. The molecule has 0 unspecified atom stereocenters. The molecule has 1 rings (SSSR count). The fourth-order valence-corrected chi connectivity index (χ4v) is 0.939. The Morgan fingerprint density at radius 1 is 1.45 bits per heavy atom. The molecule has 1 aromatic heterocycles. The van der Waals surface area contributed by atoms with Crippen LogP contribution >= 0.6 is 0 Å². The summed E-state index contributed by atoms with van der Waals surface area (Å²) < 4.78 is 5.14. The highest BCUT2D eigenvalue weighted by atomic mass is 16.6. The van der Waals surface area contributed by atoms with Gasteiger partial charge in [-0.3, -0.25) is 0 Å². The van der Waals surface area contributed by atoms with Gasteiger partial charge in [-0.1, -0.05) is 0 Å². The van der Waals surface area contributed by atoms with E-state index in [0.29, 0.717) is 6.61 Å². The van der Waals surface area contributed by atoms with Gasteiger partial charge in [-0.25, -0.2) is 5.90 Å². The van der Waals surface area contributed by atoms with Crippen molar-refractivity contribution in [1.29, 1.82) is 0 Å². The lowest BCUT2D eigenvalue weighted by molar-refractivity contribution is 0.133. The van der Waals surface area contributed by atoms with Gasteiger partial charge in [-0.05, 0) is 25.0 Å². The number of furan rings is 1. The maximum atomic E-state index is 5.14. The second kappa shape index (κ2) is 4.93. The molecule has 1 heterocycles. The van der Waals surface area contributed by atoms with Crippen molar-refractivity contribution in [1.82, 2.24) is 0 Å². The van der Waals surface area contributed by atoms with Crippen LogP contribution in [-0.4, -0.2) is 6.61 Å². The normalized spacial score (nSPS) is 10.3. The van der Waals surface area contributed by atoms with E-state index in [0.717, 1.165) is 25.0 Å². The molecule has 3 heteroatoms. The molecule has 0 spiro atoms. The van der Waals surface area contributed by atoms with Crippen molar-refractivity contribution in [2.75, 3.05) is 6.61 Å². The largest absolute Gasteiger partial charge is 0.469 e. The molecule has 0 saturated heterocycles. The highest BCUT2D eigenvalue weighted by Crippen LogP contribution is 2.04. The summed E-state index contributed by atoms with van der Waals surface area (Å²) in [5, 5.41) is 0. The Morgan fingerprint density at radius 3 is 3.00 bits per heavy atom. The third kappa shape index (κ3) is 3.20. The van der Waals surface area contributed by atoms with Gasteiger partial charge in [-0.15, -0.1) is 0 Å². The van der Waals surface area contributed by atoms with Gasteiger partial charge in [0, 0.05) is 6.42 Å². The van der Waals surface area contributed by atoms with E-state index in [-0.39, 0.29) is 0 Å². The molecule has 0 amide bonds. The van der Waals surface area contributed by atoms with E-state index in [9.17, 15) is 0 Å². The number of aryl methyl sites for hydroxylation is 1. The lowest BCUT2D eigenvalue weighted by Gasteiger charge is -1.96. The first-order valence-electron chi connectivity index (χ1n) is 3.77. The van der Waals surface area contributed by atoms with Crippen molar-refractivity contribution in [3.8, 4) is 0 Å². The Bertz CT molecular complexity index is 172. The highest BCUT2D eigenvalue weighted by Gasteiger charge is 1.94. The smallest absolute Gasteiger partial charge is 0.103 e. The van der Waals surface area contributed by atoms with Crippen LogP contribution in [0.2, 0.25) is 0 Å². The van der Waals surface area contributed by atoms with E-state index in [1.165, 1.54) is 0 Å². The number of unbranched alkanes of at least 4 members (excludes halogenated alkanes) is 1. The number of hydrogen-bond acceptors (Lipinski definition) is 3. The van der Waals surface area contributed by atoms with Crippen LogP contribution in [0.15, 0.2) is 22.8 Å². The maximum absolute atomic E-state index is 5.14. The van der Waals surface area contributed by atoms with Crippen molar-refractivity contribution in [3.63, 3.8) is 0 Å². The van der Waals surface area contributed by atoms with Crippen molar-refractivity contribution >= 4 is 0 Å². The van der Waals surface area contributed by atoms with Crippen LogP contribution in [0.25, 0.3) is 0 Å². The second-order valence-corrected chi connectivity index (χ2v) is 2.41. The third-order valence-electron chi connectivity index (χ3n) is 1.52. The molecule has 3 nitrogen and oxygen atoms in total. The summed E-state index contributed by atoms with van der Waals surface area (Å²) in [7, 11) is 0. The molecule has 0 aromatic carbocycles. The van der Waals surface area contributed by atoms with Gasteiger partial charge >= 0.3 is 0 Å². The van der Waals surface area contributed by atoms with E-state index >= 15 is 0 Å². The topological polar surface area (TPSA) is 48.4 Å². The van der Waals surface area contributed by atoms with E-state index < -0.39 is 0 Å². The minimum absolute atomic E-state index is 0.626. The standard InChI is InChI=1S/C8H13NO2/c9-11-7-2-1-4-8-5-3-6-10-8/h3,5-6H,1-2,4,7,9H2. The molecule has 1 aromatic rings. The van der Waals surface area contributed by atoms with Crippen LogP contribution in [0, 0.1) is 0 Å². The summed E-state index contributed by atoms with van der Waals surface area (Å²) in [6.07, 6.45) is 4.70. The lowest BCUT2D eigenvalue weighted by Crippen LogP contribution is -2.00. The van der Waals surface area contributed by atoms with Crippen LogP contribution in [0.4, 0.5) is 0 Å². The Hall–Kier alpha value is -0.800. The Labute approximate surface area is 66.1 Å². The Morgan fingerprint density at radius 2 is 2.36 bits per heavy atom. The zero-order valence-corrected chi connectivity index (χ0v) is 6.45. The van der Waals surface area contributed by atoms with Gasteiger partial charge in [0.2, 0.25) is 0 Å². The fraction of sp³-hybridized carbons (Fsp3) is 0.500. The molecule has 62 valence electrons. The SMILES string of the molecule is NOCCCCc1ccco1. The molecule has 0 atom stereocenters. The average molecular weight is 155 g/mol. The molecule has 0 radical (unpaired) electrons. The van der Waals surface area contributed by atoms with Crippen LogP contribution in [0.3, 0.4) is 0 Å². The quantitative estimate of drug-likeness (QED) is 0.517. The summed E-state index contributed by atoms with van der Waals surface area (Å²) in [5.74, 6) is 5.89. The molecular formula is C8H13NO2. The van der Waals surface area contributed by atoms with Crippen LogP contribution in [-0.2, 0) is 11.3 Å². The number of nitrogens with two attached hydrogens (primary N) is 1. The minimum Gasteiger partial charge on any atom is -0.469 e. The van der Waals surface area contributed by atoms with Gasteiger partial charge in [-0.2, -0.15) is 0 Å². The van der Waals surface area contributed by atoms with Crippen molar-refractivity contribution in [2.24, 2.45) is 5.90 Å². The molecule has 0 aliphatic heterocycles. The van der Waals surface area contributed by atoms with Gasteiger partial charge in [0.1, 0.15) is 5.76 Å². The van der Waals surface area contributed by atoms with E-state index in [4.69, 9.17) is 10.3 Å². The predicted octanol–water partition coefficient (Wildman–Crippen LogP) is 1.49. The molecule has 0 aliphatic rings. The van der Waals surface area contributed by atoms with Gasteiger partial charge in [0.15, 0.2) is 0 Å². The highest BCUT2D eigenvalue weighted by molar-refractivity contribution is 4.97. The van der Waals surface area contributed by atoms with Crippen LogP contribution in [0.1, 0.15) is 18.6 Å². The lowest BCUT2D eigenvalue weighted by atomic mass is 10.2. The van der Waals surface area contributed by atoms with Crippen LogP contribution in [0.5, 0.6) is 0 Å². The molecule has 11 heavy (non-hydrogen) atoms. The fourth-order valence-electron chi connectivity index (χ4n) is 0.939. The van der Waals surface area contributed by atoms with Crippen LogP contribution < -0.4 is 5.90 Å². The number of hydrogen-bond donors (Lipinski definition) is 1. The first-order valence-corrected chi connectivity index (χ1v) is 3.77. The molecule has 2 N–H and O–H groups in total. The molecule has 0 saturated carbocycles. The van der Waals surface area contributed by atoms with Crippen molar-refractivity contribution in [3.05, 3.63) is 24.2 Å². The van der Waals surface area contributed by atoms with E-state index in [1.54, 1.807) is 6.26 Å². The molecule has 0 aliphatic carbocycles. The van der Waals surface area contributed by atoms with E-state index in [1.807, 2.05) is 12.1 Å². The van der Waals surface area contributed by atoms with Crippen molar-refractivity contribution in [2.45, 2.75) is 19.3 Å². The monoisotopic (exact) mass is 155 g/mol. The summed E-state index contributed by atoms with van der Waals surface area (Å²) >= 11 is 0. The first kappa shape index (κ1) is 8.30. The van der Waals surface area contributed by atoms with Gasteiger partial charge in [0.25, 0.3) is 0 Å². The molecule has 0 fully saturated rings. The van der Waals surface area contributed by atoms with Gasteiger partial charge in [0.05, 0.1) is 12.9 Å². The van der Waals surface area contributed by atoms with Crippen molar-refractivity contribution < 1.29 is 9.25 Å². The summed E-state index contributed by atoms with van der Waals surface area (Å²) in [5.41, 5.74) is 0. The zero-order chi connectivity index (χ0) is 7.94. The predicted molar refractivity (Wildman–Crippen MR) is 41.8 cm³/mol. The summed E-state index contributed by atoms with van der Waals surface area (Å²) in [4.78, 5) is 4.43.